The molecule has 2 saturated heterocycles. The summed E-state index contributed by atoms with van der Waals surface area (Å²) in [5, 5.41) is 17.2. The van der Waals surface area contributed by atoms with Gasteiger partial charge in [0.05, 0.1) is 18.3 Å². The second-order valence-electron chi connectivity index (χ2n) is 11.1. The smallest absolute Gasteiger partial charge is 0.383 e. The molecule has 2 aliphatic heterocycles. The molecule has 1 saturated carbocycles. The molecule has 1 atom stereocenters. The number of aromatic nitrogens is 1. The summed E-state index contributed by atoms with van der Waals surface area (Å²) in [5.41, 5.74) is -2.13. The van der Waals surface area contributed by atoms with Crippen molar-refractivity contribution >= 4 is 29.1 Å². The van der Waals surface area contributed by atoms with Crippen molar-refractivity contribution in [1.29, 1.82) is 0 Å². The van der Waals surface area contributed by atoms with E-state index in [1.54, 1.807) is 6.20 Å². The van der Waals surface area contributed by atoms with E-state index in [-0.39, 0.29) is 30.1 Å². The second kappa shape index (κ2) is 12.1. The minimum absolute atomic E-state index is 0.0103. The van der Waals surface area contributed by atoms with Crippen LogP contribution < -0.4 is 10.6 Å². The molecule has 0 unspecified atom stereocenters. The first-order valence-electron chi connectivity index (χ1n) is 14.0. The lowest BCUT2D eigenvalue weighted by atomic mass is 9.82. The third-order valence-corrected chi connectivity index (χ3v) is 9.43. The molecule has 41 heavy (non-hydrogen) atoms. The molecule has 5 rings (SSSR count). The Bertz CT molecular complexity index is 1270. The van der Waals surface area contributed by atoms with Crippen LogP contribution in [-0.4, -0.2) is 82.4 Å². The normalized spacial score (nSPS) is 25.3. The van der Waals surface area contributed by atoms with Crippen LogP contribution in [-0.2, 0) is 16.6 Å². The van der Waals surface area contributed by atoms with Crippen molar-refractivity contribution in [3.63, 3.8) is 0 Å². The van der Waals surface area contributed by atoms with Gasteiger partial charge >= 0.3 is 6.18 Å². The molecule has 3 fully saturated rings. The number of alkyl halides is 3. The van der Waals surface area contributed by atoms with Crippen LogP contribution in [0.5, 0.6) is 0 Å². The first-order valence-corrected chi connectivity index (χ1v) is 14.8. The number of nitrogens with zero attached hydrogens (tertiary/aromatic N) is 3. The standard InChI is InChI=1S/C28H34F3N5O4S/c29-28(30,31)19-5-3-4-18(14-19)24(38)32-16-23(37)34-20-8-13-36(17-20)21-6-9-27(40,10-7-21)26-33-15-22(41-26)25(39)35-11-1-2-12-35/h3-5,14-15,20-21,40H,1-2,6-13,16-17H2,(H,32,38)(H,34,37)/t20-,21?,27?/m1/s1. The van der Waals surface area contributed by atoms with Gasteiger partial charge in [0, 0.05) is 43.8 Å². The van der Waals surface area contributed by atoms with E-state index >= 15 is 0 Å². The van der Waals surface area contributed by atoms with Gasteiger partial charge in [-0.05, 0) is 63.1 Å². The number of hydrogen-bond donors (Lipinski definition) is 3. The van der Waals surface area contributed by atoms with Gasteiger partial charge in [-0.15, -0.1) is 11.3 Å². The molecule has 1 aromatic carbocycles. The highest BCUT2D eigenvalue weighted by Gasteiger charge is 2.41. The molecule has 3 amide bonds. The van der Waals surface area contributed by atoms with Crippen molar-refractivity contribution in [2.24, 2.45) is 0 Å². The highest BCUT2D eigenvalue weighted by atomic mass is 32.1. The highest BCUT2D eigenvalue weighted by molar-refractivity contribution is 7.13. The lowest BCUT2D eigenvalue weighted by Gasteiger charge is -2.38. The van der Waals surface area contributed by atoms with E-state index < -0.39 is 29.2 Å². The van der Waals surface area contributed by atoms with Crippen LogP contribution in [0.3, 0.4) is 0 Å². The van der Waals surface area contributed by atoms with E-state index in [4.69, 9.17) is 0 Å². The Morgan fingerprint density at radius 3 is 2.54 bits per heavy atom. The zero-order chi connectivity index (χ0) is 29.2. The fourth-order valence-electron chi connectivity index (χ4n) is 5.94. The Morgan fingerprint density at radius 2 is 1.83 bits per heavy atom. The van der Waals surface area contributed by atoms with Gasteiger partial charge < -0.3 is 20.6 Å². The number of aliphatic hydroxyl groups is 1. The molecule has 0 radical (unpaired) electrons. The number of hydrogen-bond acceptors (Lipinski definition) is 7. The first kappa shape index (κ1) is 29.5. The topological polar surface area (TPSA) is 115 Å². The van der Waals surface area contributed by atoms with Gasteiger partial charge in [-0.1, -0.05) is 6.07 Å². The number of likely N-dealkylation sites (tertiary alicyclic amines) is 2. The molecule has 9 nitrogen and oxygen atoms in total. The number of amides is 3. The summed E-state index contributed by atoms with van der Waals surface area (Å²) in [6.45, 7) is 2.63. The summed E-state index contributed by atoms with van der Waals surface area (Å²) in [7, 11) is 0. The predicted molar refractivity (Wildman–Crippen MR) is 145 cm³/mol. The van der Waals surface area contributed by atoms with Crippen molar-refractivity contribution in [1.82, 2.24) is 25.4 Å². The third kappa shape index (κ3) is 6.90. The van der Waals surface area contributed by atoms with Gasteiger partial charge in [-0.2, -0.15) is 13.2 Å². The number of carbonyl (C=O) groups excluding carboxylic acids is 3. The molecule has 3 aliphatic rings. The molecule has 13 heteroatoms. The number of carbonyl (C=O) groups is 3. The third-order valence-electron chi connectivity index (χ3n) is 8.25. The summed E-state index contributed by atoms with van der Waals surface area (Å²) >= 11 is 1.29. The molecule has 1 aliphatic carbocycles. The maximum absolute atomic E-state index is 12.9. The number of halogens is 3. The van der Waals surface area contributed by atoms with Crippen molar-refractivity contribution < 1.29 is 32.7 Å². The predicted octanol–water partition coefficient (Wildman–Crippen LogP) is 3.15. The van der Waals surface area contributed by atoms with Crippen LogP contribution in [0.15, 0.2) is 30.5 Å². The minimum Gasteiger partial charge on any atom is -0.383 e. The maximum atomic E-state index is 12.9. The maximum Gasteiger partial charge on any atom is 0.416 e. The van der Waals surface area contributed by atoms with E-state index in [0.29, 0.717) is 29.3 Å². The van der Waals surface area contributed by atoms with Gasteiger partial charge in [-0.3, -0.25) is 19.3 Å². The van der Waals surface area contributed by atoms with Crippen LogP contribution >= 0.6 is 11.3 Å². The van der Waals surface area contributed by atoms with E-state index in [1.807, 2.05) is 4.90 Å². The van der Waals surface area contributed by atoms with Crippen LogP contribution in [0.1, 0.15) is 75.5 Å². The quantitative estimate of drug-likeness (QED) is 0.455. The molecular formula is C28H34F3N5O4S. The average molecular weight is 594 g/mol. The van der Waals surface area contributed by atoms with Crippen LogP contribution in [0.2, 0.25) is 0 Å². The fraction of sp³-hybridized carbons (Fsp3) is 0.571. The van der Waals surface area contributed by atoms with E-state index in [2.05, 4.69) is 20.5 Å². The number of nitrogens with one attached hydrogen (secondary N) is 2. The molecule has 222 valence electrons. The molecule has 3 heterocycles. The Labute approximate surface area is 240 Å². The monoisotopic (exact) mass is 593 g/mol. The van der Waals surface area contributed by atoms with Crippen LogP contribution in [0.25, 0.3) is 0 Å². The van der Waals surface area contributed by atoms with Crippen molar-refractivity contribution in [2.45, 2.75) is 68.8 Å². The van der Waals surface area contributed by atoms with Gasteiger partial charge in [0.1, 0.15) is 15.5 Å². The lowest BCUT2D eigenvalue weighted by molar-refractivity contribution is -0.137. The lowest BCUT2D eigenvalue weighted by Crippen LogP contribution is -2.45. The molecule has 3 N–H and O–H groups in total. The molecular weight excluding hydrogens is 559 g/mol. The van der Waals surface area contributed by atoms with E-state index in [0.717, 1.165) is 69.9 Å². The van der Waals surface area contributed by atoms with E-state index in [1.165, 1.54) is 17.4 Å². The van der Waals surface area contributed by atoms with E-state index in [9.17, 15) is 32.7 Å². The molecule has 0 spiro atoms. The van der Waals surface area contributed by atoms with Crippen LogP contribution in [0, 0.1) is 0 Å². The van der Waals surface area contributed by atoms with Crippen molar-refractivity contribution in [2.75, 3.05) is 32.7 Å². The molecule has 1 aromatic heterocycles. The number of thiazole rings is 1. The van der Waals surface area contributed by atoms with Crippen LogP contribution in [0.4, 0.5) is 13.2 Å². The number of rotatable bonds is 7. The summed E-state index contributed by atoms with van der Waals surface area (Å²) in [6.07, 6.45) is 2.40. The Kier molecular flexibility index (Phi) is 8.67. The zero-order valence-electron chi connectivity index (χ0n) is 22.6. The molecule has 0 bridgehead atoms. The number of benzene rings is 1. The van der Waals surface area contributed by atoms with Gasteiger partial charge in [0.25, 0.3) is 11.8 Å². The Hall–Kier alpha value is -3.03. The van der Waals surface area contributed by atoms with Gasteiger partial charge in [0.2, 0.25) is 5.91 Å². The zero-order valence-corrected chi connectivity index (χ0v) is 23.4. The fourth-order valence-corrected chi connectivity index (χ4v) is 6.97. The minimum atomic E-state index is -4.56. The van der Waals surface area contributed by atoms with Gasteiger partial charge in [0.15, 0.2) is 0 Å². The second-order valence-corrected chi connectivity index (χ2v) is 12.1. The summed E-state index contributed by atoms with van der Waals surface area (Å²) in [4.78, 5) is 46.5. The van der Waals surface area contributed by atoms with Crippen molar-refractivity contribution in [3.05, 3.63) is 51.5 Å². The van der Waals surface area contributed by atoms with Crippen molar-refractivity contribution in [3.8, 4) is 0 Å². The Balaban J connectivity index is 1.06. The summed E-state index contributed by atoms with van der Waals surface area (Å²) in [6, 6.07) is 4.21. The SMILES string of the molecule is O=C(CNC(=O)c1cccc(C(F)(F)F)c1)N[C@@H]1CCN(C2CCC(O)(c3ncc(C(=O)N4CCCC4)s3)CC2)C1. The first-order chi connectivity index (χ1) is 19.5. The highest BCUT2D eigenvalue weighted by Crippen LogP contribution is 2.41. The van der Waals surface area contributed by atoms with Gasteiger partial charge in [-0.25, -0.2) is 4.98 Å². The summed E-state index contributed by atoms with van der Waals surface area (Å²) < 4.78 is 38.7. The Morgan fingerprint density at radius 1 is 1.10 bits per heavy atom. The summed E-state index contributed by atoms with van der Waals surface area (Å²) in [5.74, 6) is -1.16. The average Bonchev–Trinajstić information content (AvgIpc) is 3.74. The molecule has 2 aromatic rings. The largest absolute Gasteiger partial charge is 0.416 e.